The molecule has 0 bridgehead atoms. The van der Waals surface area contributed by atoms with E-state index >= 15 is 0 Å². The second kappa shape index (κ2) is 5.64. The molecule has 0 saturated carbocycles. The molecule has 2 nitrogen and oxygen atoms in total. The molecular weight excluding hydrogens is 234 g/mol. The van der Waals surface area contributed by atoms with Gasteiger partial charge in [-0.3, -0.25) is 4.90 Å². The number of hydrogen-bond donors (Lipinski definition) is 0. The van der Waals surface area contributed by atoms with Crippen LogP contribution in [0.5, 0.6) is 0 Å². The first-order valence-electron chi connectivity index (χ1n) is 7.32. The first-order valence-corrected chi connectivity index (χ1v) is 7.32. The molecule has 106 valence electrons. The third kappa shape index (κ3) is 4.05. The van der Waals surface area contributed by atoms with Crippen LogP contribution in [0.2, 0.25) is 0 Å². The molecule has 2 atom stereocenters. The van der Waals surface area contributed by atoms with Gasteiger partial charge in [0.2, 0.25) is 0 Å². The lowest BCUT2D eigenvalue weighted by Gasteiger charge is -2.35. The predicted molar refractivity (Wildman–Crippen MR) is 80.4 cm³/mol. The molecule has 1 heterocycles. The lowest BCUT2D eigenvalue weighted by atomic mass is 9.87. The van der Waals surface area contributed by atoms with Crippen LogP contribution in [0.1, 0.15) is 45.7 Å². The highest BCUT2D eigenvalue weighted by Crippen LogP contribution is 2.23. The Balaban J connectivity index is 1.99. The molecule has 0 amide bonds. The van der Waals surface area contributed by atoms with Crippen molar-refractivity contribution in [3.05, 3.63) is 35.4 Å². The van der Waals surface area contributed by atoms with Crippen molar-refractivity contribution in [1.29, 1.82) is 0 Å². The van der Waals surface area contributed by atoms with Crippen LogP contribution in [-0.2, 0) is 16.7 Å². The zero-order valence-electron chi connectivity index (χ0n) is 12.9. The van der Waals surface area contributed by atoms with Gasteiger partial charge in [0.1, 0.15) is 0 Å². The number of morpholine rings is 1. The fourth-order valence-corrected chi connectivity index (χ4v) is 2.78. The Bertz CT molecular complexity index is 394. The van der Waals surface area contributed by atoms with Gasteiger partial charge in [-0.2, -0.15) is 0 Å². The van der Waals surface area contributed by atoms with E-state index in [-0.39, 0.29) is 5.41 Å². The predicted octanol–water partition coefficient (Wildman–Crippen LogP) is 3.59. The molecule has 2 heteroatoms. The van der Waals surface area contributed by atoms with Crippen molar-refractivity contribution >= 4 is 0 Å². The molecule has 2 unspecified atom stereocenters. The van der Waals surface area contributed by atoms with Gasteiger partial charge in [-0.25, -0.2) is 0 Å². The highest BCUT2D eigenvalue weighted by Gasteiger charge is 2.22. The third-order valence-corrected chi connectivity index (χ3v) is 3.72. The summed E-state index contributed by atoms with van der Waals surface area (Å²) in [4.78, 5) is 2.49. The van der Waals surface area contributed by atoms with Crippen LogP contribution in [0.4, 0.5) is 0 Å². The van der Waals surface area contributed by atoms with Crippen molar-refractivity contribution in [1.82, 2.24) is 4.90 Å². The van der Waals surface area contributed by atoms with Gasteiger partial charge in [0.05, 0.1) is 12.2 Å². The van der Waals surface area contributed by atoms with E-state index in [9.17, 15) is 0 Å². The maximum Gasteiger partial charge on any atom is 0.0678 e. The van der Waals surface area contributed by atoms with E-state index in [0.29, 0.717) is 12.2 Å². The molecule has 0 spiro atoms. The molecule has 1 aromatic rings. The van der Waals surface area contributed by atoms with Crippen molar-refractivity contribution in [2.45, 2.75) is 58.8 Å². The van der Waals surface area contributed by atoms with Crippen LogP contribution < -0.4 is 0 Å². The van der Waals surface area contributed by atoms with Crippen LogP contribution in [0, 0.1) is 0 Å². The second-order valence-corrected chi connectivity index (χ2v) is 6.90. The molecule has 1 saturated heterocycles. The first kappa shape index (κ1) is 14.5. The minimum Gasteiger partial charge on any atom is -0.373 e. The van der Waals surface area contributed by atoms with Crippen molar-refractivity contribution in [3.63, 3.8) is 0 Å². The van der Waals surface area contributed by atoms with Gasteiger partial charge < -0.3 is 4.74 Å². The number of benzene rings is 1. The largest absolute Gasteiger partial charge is 0.373 e. The minimum atomic E-state index is 0.237. The number of nitrogens with zero attached hydrogens (tertiary/aromatic N) is 1. The summed E-state index contributed by atoms with van der Waals surface area (Å²) in [6.45, 7) is 14.2. The Morgan fingerprint density at radius 3 is 2.05 bits per heavy atom. The monoisotopic (exact) mass is 261 g/mol. The summed E-state index contributed by atoms with van der Waals surface area (Å²) in [5.41, 5.74) is 3.04. The SMILES string of the molecule is CC1CN(Cc2ccc(C(C)(C)C)cc2)CC(C)O1. The fourth-order valence-electron chi connectivity index (χ4n) is 2.78. The summed E-state index contributed by atoms with van der Waals surface area (Å²) < 4.78 is 5.78. The third-order valence-electron chi connectivity index (χ3n) is 3.72. The minimum absolute atomic E-state index is 0.237. The maximum absolute atomic E-state index is 5.78. The number of rotatable bonds is 2. The molecule has 1 aliphatic heterocycles. The van der Waals surface area contributed by atoms with Gasteiger partial charge in [-0.1, -0.05) is 45.0 Å². The molecule has 1 aliphatic rings. The Labute approximate surface area is 117 Å². The lowest BCUT2D eigenvalue weighted by Crippen LogP contribution is -2.44. The average molecular weight is 261 g/mol. The Hall–Kier alpha value is -0.860. The zero-order valence-corrected chi connectivity index (χ0v) is 12.9. The molecule has 0 N–H and O–H groups in total. The Kier molecular flexibility index (Phi) is 4.32. The van der Waals surface area contributed by atoms with Crippen molar-refractivity contribution < 1.29 is 4.74 Å². The topological polar surface area (TPSA) is 12.5 Å². The quantitative estimate of drug-likeness (QED) is 0.806. The molecule has 1 fully saturated rings. The number of hydrogen-bond acceptors (Lipinski definition) is 2. The lowest BCUT2D eigenvalue weighted by molar-refractivity contribution is -0.0704. The molecule has 0 aliphatic carbocycles. The van der Waals surface area contributed by atoms with E-state index in [1.54, 1.807) is 0 Å². The van der Waals surface area contributed by atoms with Gasteiger partial charge in [-0.15, -0.1) is 0 Å². The Morgan fingerprint density at radius 2 is 1.58 bits per heavy atom. The summed E-state index contributed by atoms with van der Waals surface area (Å²) in [5.74, 6) is 0. The van der Waals surface area contributed by atoms with E-state index in [4.69, 9.17) is 4.74 Å². The summed E-state index contributed by atoms with van der Waals surface area (Å²) in [5, 5.41) is 0. The van der Waals surface area contributed by atoms with Crippen molar-refractivity contribution in [2.75, 3.05) is 13.1 Å². The van der Waals surface area contributed by atoms with E-state index < -0.39 is 0 Å². The molecule has 19 heavy (non-hydrogen) atoms. The maximum atomic E-state index is 5.78. The van der Waals surface area contributed by atoms with E-state index in [1.807, 2.05) is 0 Å². The summed E-state index contributed by atoms with van der Waals surface area (Å²) in [6, 6.07) is 9.07. The fraction of sp³-hybridized carbons (Fsp3) is 0.647. The number of ether oxygens (including phenoxy) is 1. The smallest absolute Gasteiger partial charge is 0.0678 e. The first-order chi connectivity index (χ1) is 8.84. The summed E-state index contributed by atoms with van der Waals surface area (Å²) in [7, 11) is 0. The average Bonchev–Trinajstić information content (AvgIpc) is 2.26. The van der Waals surface area contributed by atoms with Crippen LogP contribution in [0.25, 0.3) is 0 Å². The molecule has 0 aromatic heterocycles. The van der Waals surface area contributed by atoms with Gasteiger partial charge >= 0.3 is 0 Å². The van der Waals surface area contributed by atoms with Gasteiger partial charge in [0.25, 0.3) is 0 Å². The zero-order chi connectivity index (χ0) is 14.0. The molecule has 2 rings (SSSR count). The van der Waals surface area contributed by atoms with Gasteiger partial charge in [0, 0.05) is 19.6 Å². The van der Waals surface area contributed by atoms with Crippen LogP contribution >= 0.6 is 0 Å². The standard InChI is InChI=1S/C17H27NO/c1-13-10-18(11-14(2)19-13)12-15-6-8-16(9-7-15)17(3,4)5/h6-9,13-14H,10-12H2,1-5H3. The van der Waals surface area contributed by atoms with Gasteiger partial charge in [-0.05, 0) is 30.4 Å². The van der Waals surface area contributed by atoms with E-state index in [0.717, 1.165) is 19.6 Å². The van der Waals surface area contributed by atoms with Gasteiger partial charge in [0.15, 0.2) is 0 Å². The van der Waals surface area contributed by atoms with E-state index in [2.05, 4.69) is 63.8 Å². The summed E-state index contributed by atoms with van der Waals surface area (Å²) in [6.07, 6.45) is 0.690. The normalized spacial score (nSPS) is 25.5. The van der Waals surface area contributed by atoms with Crippen LogP contribution in [-0.4, -0.2) is 30.2 Å². The van der Waals surface area contributed by atoms with E-state index in [1.165, 1.54) is 11.1 Å². The van der Waals surface area contributed by atoms with Crippen LogP contribution in [0.15, 0.2) is 24.3 Å². The highest BCUT2D eigenvalue weighted by molar-refractivity contribution is 5.27. The molecular formula is C17H27NO. The Morgan fingerprint density at radius 1 is 1.05 bits per heavy atom. The highest BCUT2D eigenvalue weighted by atomic mass is 16.5. The van der Waals surface area contributed by atoms with Crippen molar-refractivity contribution in [2.24, 2.45) is 0 Å². The summed E-state index contributed by atoms with van der Waals surface area (Å²) >= 11 is 0. The van der Waals surface area contributed by atoms with Crippen LogP contribution in [0.3, 0.4) is 0 Å². The molecule has 1 aromatic carbocycles. The van der Waals surface area contributed by atoms with Crippen molar-refractivity contribution in [3.8, 4) is 0 Å². The second-order valence-electron chi connectivity index (χ2n) is 6.90. The molecule has 0 radical (unpaired) electrons.